The number of oxazole rings is 1. The molecule has 0 amide bonds. The molecule has 3 rings (SSSR count). The number of aryl methyl sites for hydroxylation is 2. The molecule has 1 saturated heterocycles. The summed E-state index contributed by atoms with van der Waals surface area (Å²) in [5.74, 6) is 2.29. The molecule has 0 spiro atoms. The Morgan fingerprint density at radius 1 is 1.29 bits per heavy atom. The van der Waals surface area contributed by atoms with Gasteiger partial charge < -0.3 is 14.3 Å². The van der Waals surface area contributed by atoms with Crippen LogP contribution in [-0.4, -0.2) is 21.7 Å². The minimum atomic E-state index is 0.205. The second kappa shape index (κ2) is 3.96. The number of rotatable bonds is 2. The van der Waals surface area contributed by atoms with Gasteiger partial charge in [-0.25, -0.2) is 4.98 Å². The zero-order valence-corrected chi connectivity index (χ0v) is 9.86. The Kier molecular flexibility index (Phi) is 2.44. The molecule has 17 heavy (non-hydrogen) atoms. The molecule has 2 aromatic rings. The first-order chi connectivity index (χ1) is 8.24. The topological polar surface area (TPSA) is 77.0 Å². The van der Waals surface area contributed by atoms with Gasteiger partial charge in [-0.3, -0.25) is 0 Å². The number of nitrogens with one attached hydrogen (secondary N) is 1. The minimum absolute atomic E-state index is 0.205. The maximum absolute atomic E-state index is 5.45. The van der Waals surface area contributed by atoms with E-state index >= 15 is 0 Å². The lowest BCUT2D eigenvalue weighted by molar-refractivity contribution is 0.398. The van der Waals surface area contributed by atoms with Crippen LogP contribution in [0.5, 0.6) is 0 Å². The number of nitrogens with zero attached hydrogens (tertiary/aromatic N) is 3. The fraction of sp³-hybridized carbons (Fsp3) is 0.545. The normalized spacial score (nSPS) is 20.0. The van der Waals surface area contributed by atoms with Gasteiger partial charge >= 0.3 is 0 Å². The molecule has 1 aliphatic rings. The Morgan fingerprint density at radius 2 is 2.18 bits per heavy atom. The SMILES string of the molecule is Cc1nc(C)c(-c2nc(C3CCCN3)no2)o1. The molecule has 6 heteroatoms. The van der Waals surface area contributed by atoms with Crippen molar-refractivity contribution in [3.8, 4) is 11.7 Å². The first-order valence-corrected chi connectivity index (χ1v) is 5.75. The van der Waals surface area contributed by atoms with Crippen molar-refractivity contribution in [2.24, 2.45) is 0 Å². The number of hydrogen-bond donors (Lipinski definition) is 1. The van der Waals surface area contributed by atoms with Gasteiger partial charge in [-0.1, -0.05) is 5.16 Å². The van der Waals surface area contributed by atoms with Crippen LogP contribution >= 0.6 is 0 Å². The molecule has 1 fully saturated rings. The van der Waals surface area contributed by atoms with Gasteiger partial charge in [-0.2, -0.15) is 4.98 Å². The highest BCUT2D eigenvalue weighted by atomic mass is 16.5. The van der Waals surface area contributed by atoms with Gasteiger partial charge in [0.25, 0.3) is 5.89 Å². The van der Waals surface area contributed by atoms with Gasteiger partial charge in [-0.15, -0.1) is 0 Å². The van der Waals surface area contributed by atoms with Crippen LogP contribution in [0.3, 0.4) is 0 Å². The van der Waals surface area contributed by atoms with Crippen LogP contribution in [0.2, 0.25) is 0 Å². The smallest absolute Gasteiger partial charge is 0.295 e. The summed E-state index contributed by atoms with van der Waals surface area (Å²) in [5.41, 5.74) is 0.775. The van der Waals surface area contributed by atoms with Gasteiger partial charge in [0.1, 0.15) is 0 Å². The van der Waals surface area contributed by atoms with Crippen LogP contribution in [0.15, 0.2) is 8.94 Å². The molecule has 0 saturated carbocycles. The molecule has 6 nitrogen and oxygen atoms in total. The van der Waals surface area contributed by atoms with Crippen molar-refractivity contribution in [1.29, 1.82) is 0 Å². The van der Waals surface area contributed by atoms with E-state index in [-0.39, 0.29) is 6.04 Å². The second-order valence-corrected chi connectivity index (χ2v) is 4.25. The van der Waals surface area contributed by atoms with Crippen molar-refractivity contribution in [3.05, 3.63) is 17.4 Å². The Labute approximate surface area is 98.4 Å². The van der Waals surface area contributed by atoms with Crippen LogP contribution < -0.4 is 5.32 Å². The van der Waals surface area contributed by atoms with E-state index < -0.39 is 0 Å². The predicted molar refractivity (Wildman–Crippen MR) is 59.2 cm³/mol. The highest BCUT2D eigenvalue weighted by Crippen LogP contribution is 2.26. The lowest BCUT2D eigenvalue weighted by Gasteiger charge is -2.01. The molecule has 0 aliphatic carbocycles. The summed E-state index contributed by atoms with van der Waals surface area (Å²) in [7, 11) is 0. The van der Waals surface area contributed by atoms with Crippen molar-refractivity contribution >= 4 is 0 Å². The summed E-state index contributed by atoms with van der Waals surface area (Å²) in [4.78, 5) is 8.55. The van der Waals surface area contributed by atoms with E-state index in [1.165, 1.54) is 0 Å². The summed E-state index contributed by atoms with van der Waals surface area (Å²) >= 11 is 0. The highest BCUT2D eigenvalue weighted by molar-refractivity contribution is 5.47. The Balaban J connectivity index is 1.91. The zero-order valence-electron chi connectivity index (χ0n) is 9.86. The predicted octanol–water partition coefficient (Wildman–Crippen LogP) is 1.77. The van der Waals surface area contributed by atoms with Gasteiger partial charge in [0, 0.05) is 6.92 Å². The van der Waals surface area contributed by atoms with E-state index in [1.807, 2.05) is 6.92 Å². The summed E-state index contributed by atoms with van der Waals surface area (Å²) < 4.78 is 10.7. The lowest BCUT2D eigenvalue weighted by Crippen LogP contribution is -2.14. The third kappa shape index (κ3) is 1.84. The van der Waals surface area contributed by atoms with E-state index in [4.69, 9.17) is 8.94 Å². The van der Waals surface area contributed by atoms with Crippen molar-refractivity contribution in [2.45, 2.75) is 32.7 Å². The van der Waals surface area contributed by atoms with Gasteiger partial charge in [0.05, 0.1) is 11.7 Å². The van der Waals surface area contributed by atoms with E-state index in [9.17, 15) is 0 Å². The molecule has 1 aliphatic heterocycles. The summed E-state index contributed by atoms with van der Waals surface area (Å²) in [6.07, 6.45) is 2.20. The third-order valence-electron chi connectivity index (χ3n) is 2.91. The van der Waals surface area contributed by atoms with Gasteiger partial charge in [-0.05, 0) is 26.3 Å². The lowest BCUT2D eigenvalue weighted by atomic mass is 10.2. The minimum Gasteiger partial charge on any atom is -0.436 e. The molecule has 1 N–H and O–H groups in total. The van der Waals surface area contributed by atoms with Crippen molar-refractivity contribution < 1.29 is 8.94 Å². The van der Waals surface area contributed by atoms with Gasteiger partial charge in [0.15, 0.2) is 11.7 Å². The largest absolute Gasteiger partial charge is 0.436 e. The molecule has 2 aromatic heterocycles. The molecule has 1 atom stereocenters. The van der Waals surface area contributed by atoms with Crippen molar-refractivity contribution in [1.82, 2.24) is 20.4 Å². The van der Waals surface area contributed by atoms with Crippen molar-refractivity contribution in [2.75, 3.05) is 6.54 Å². The standard InChI is InChI=1S/C11H14N4O2/c1-6-9(16-7(2)13-6)11-14-10(15-17-11)8-4-3-5-12-8/h8,12H,3-5H2,1-2H3. The van der Waals surface area contributed by atoms with E-state index in [0.29, 0.717) is 23.4 Å². The zero-order chi connectivity index (χ0) is 11.8. The van der Waals surface area contributed by atoms with Crippen LogP contribution in [0, 0.1) is 13.8 Å². The van der Waals surface area contributed by atoms with E-state index in [2.05, 4.69) is 20.4 Å². The van der Waals surface area contributed by atoms with E-state index in [1.54, 1.807) is 6.92 Å². The molecule has 3 heterocycles. The van der Waals surface area contributed by atoms with Crippen LogP contribution in [-0.2, 0) is 0 Å². The second-order valence-electron chi connectivity index (χ2n) is 4.25. The number of aromatic nitrogens is 3. The molecular formula is C11H14N4O2. The third-order valence-corrected chi connectivity index (χ3v) is 2.91. The summed E-state index contributed by atoms with van der Waals surface area (Å²) in [6, 6.07) is 0.205. The highest BCUT2D eigenvalue weighted by Gasteiger charge is 2.24. The number of hydrogen-bond acceptors (Lipinski definition) is 6. The summed E-state index contributed by atoms with van der Waals surface area (Å²) in [5, 5.41) is 7.31. The van der Waals surface area contributed by atoms with Crippen LogP contribution in [0.4, 0.5) is 0 Å². The summed E-state index contributed by atoms with van der Waals surface area (Å²) in [6.45, 7) is 4.67. The molecule has 0 bridgehead atoms. The maximum Gasteiger partial charge on any atom is 0.295 e. The van der Waals surface area contributed by atoms with Gasteiger partial charge in [0.2, 0.25) is 5.76 Å². The van der Waals surface area contributed by atoms with Crippen molar-refractivity contribution in [3.63, 3.8) is 0 Å². The molecule has 0 radical (unpaired) electrons. The fourth-order valence-corrected chi connectivity index (χ4v) is 2.10. The van der Waals surface area contributed by atoms with Crippen LogP contribution in [0.1, 0.15) is 36.3 Å². The fourth-order valence-electron chi connectivity index (χ4n) is 2.10. The average Bonchev–Trinajstić information content (AvgIpc) is 2.97. The Morgan fingerprint density at radius 3 is 2.82 bits per heavy atom. The Hall–Kier alpha value is -1.69. The van der Waals surface area contributed by atoms with Crippen LogP contribution in [0.25, 0.3) is 11.7 Å². The quantitative estimate of drug-likeness (QED) is 0.853. The average molecular weight is 234 g/mol. The Bertz CT molecular complexity index is 525. The molecular weight excluding hydrogens is 220 g/mol. The van der Waals surface area contributed by atoms with E-state index in [0.717, 1.165) is 25.1 Å². The molecule has 0 aromatic carbocycles. The maximum atomic E-state index is 5.45. The first kappa shape index (κ1) is 10.5. The monoisotopic (exact) mass is 234 g/mol. The first-order valence-electron chi connectivity index (χ1n) is 5.75. The molecule has 1 unspecified atom stereocenters. The molecule has 90 valence electrons.